The van der Waals surface area contributed by atoms with Crippen molar-refractivity contribution in [1.29, 1.82) is 0 Å². The van der Waals surface area contributed by atoms with Gasteiger partial charge in [0.15, 0.2) is 0 Å². The molecule has 2 amide bonds. The number of carbonyl (C=O) groups is 2. The first kappa shape index (κ1) is 18.1. The lowest BCUT2D eigenvalue weighted by Gasteiger charge is -2.25. The van der Waals surface area contributed by atoms with Crippen molar-refractivity contribution in [1.82, 2.24) is 9.80 Å². The molecule has 1 aliphatic heterocycles. The van der Waals surface area contributed by atoms with Crippen LogP contribution in [0, 0.1) is 10.1 Å². The van der Waals surface area contributed by atoms with Crippen LogP contribution in [0.15, 0.2) is 24.3 Å². The number of nitrogens with zero attached hydrogens (tertiary/aromatic N) is 3. The van der Waals surface area contributed by atoms with E-state index < -0.39 is 17.1 Å². The minimum atomic E-state index is -0.592. The second-order valence-corrected chi connectivity index (χ2v) is 6.50. The Hall–Kier alpha value is -2.29. The fourth-order valence-corrected chi connectivity index (χ4v) is 2.87. The van der Waals surface area contributed by atoms with Crippen LogP contribution < -0.4 is 0 Å². The summed E-state index contributed by atoms with van der Waals surface area (Å²) < 4.78 is 5.23. The monoisotopic (exact) mass is 353 g/mol. The van der Waals surface area contributed by atoms with Crippen molar-refractivity contribution in [3.05, 3.63) is 39.9 Å². The van der Waals surface area contributed by atoms with Gasteiger partial charge in [-0.15, -0.1) is 0 Å². The molecule has 2 rings (SSSR count). The summed E-state index contributed by atoms with van der Waals surface area (Å²) in [4.78, 5) is 37.4. The molecule has 0 aliphatic carbocycles. The average molecular weight is 353 g/mol. The Bertz CT molecular complexity index is 635. The number of carbonyl (C=O) groups excluding carboxylic acids is 2. The summed E-state index contributed by atoms with van der Waals surface area (Å²) in [6.07, 6.45) is -0.114. The third kappa shape index (κ3) is 4.16. The van der Waals surface area contributed by atoms with Gasteiger partial charge in [0.05, 0.1) is 4.92 Å². The van der Waals surface area contributed by atoms with Gasteiger partial charge in [0.2, 0.25) is 5.91 Å². The summed E-state index contributed by atoms with van der Waals surface area (Å²) in [6.45, 7) is 0.319. The molecule has 2 atom stereocenters. The summed E-state index contributed by atoms with van der Waals surface area (Å²) in [7, 11) is 3.27. The third-order valence-corrected chi connectivity index (χ3v) is 4.12. The number of likely N-dealkylation sites (N-methyl/N-ethyl adjacent to an activating group) is 1. The van der Waals surface area contributed by atoms with Gasteiger partial charge in [0.25, 0.3) is 5.69 Å². The molecular weight excluding hydrogens is 334 g/mol. The average Bonchev–Trinajstić information content (AvgIpc) is 2.94. The Balaban J connectivity index is 1.98. The van der Waals surface area contributed by atoms with E-state index >= 15 is 0 Å². The van der Waals surface area contributed by atoms with Crippen molar-refractivity contribution in [2.75, 3.05) is 20.6 Å². The summed E-state index contributed by atoms with van der Waals surface area (Å²) >= 11 is 4.35. The molecule has 1 saturated heterocycles. The number of amides is 2. The molecule has 8 nitrogen and oxygen atoms in total. The molecule has 0 radical (unpaired) electrons. The minimum Gasteiger partial charge on any atom is -0.445 e. The first-order valence-corrected chi connectivity index (χ1v) is 7.87. The van der Waals surface area contributed by atoms with Crippen molar-refractivity contribution in [3.8, 4) is 0 Å². The molecule has 0 N–H and O–H groups in total. The molecule has 0 bridgehead atoms. The number of non-ortho nitro benzene ring substituents is 1. The van der Waals surface area contributed by atoms with Crippen molar-refractivity contribution >= 4 is 30.3 Å². The highest BCUT2D eigenvalue weighted by Gasteiger charge is 2.39. The molecule has 1 fully saturated rings. The van der Waals surface area contributed by atoms with E-state index in [0.29, 0.717) is 18.5 Å². The zero-order chi connectivity index (χ0) is 17.9. The highest BCUT2D eigenvalue weighted by Crippen LogP contribution is 2.24. The number of nitro groups is 1. The Kier molecular flexibility index (Phi) is 5.66. The SMILES string of the molecule is CN(C)C(=O)[C@@H]1C[C@@H](S)CN1C(=O)OCc1ccc([N+](=O)[O-])cc1. The third-order valence-electron chi connectivity index (χ3n) is 3.75. The standard InChI is InChI=1S/C15H19N3O5S/c1-16(2)14(19)13-7-12(24)8-17(13)15(20)23-9-10-3-5-11(6-4-10)18(21)22/h3-6,12-13,24H,7-9H2,1-2H3/t12-,13+/m1/s1. The van der Waals surface area contributed by atoms with Gasteiger partial charge in [0.1, 0.15) is 12.6 Å². The lowest BCUT2D eigenvalue weighted by atomic mass is 10.2. The molecule has 1 aromatic rings. The number of thiol groups is 1. The maximum absolute atomic E-state index is 12.3. The Morgan fingerprint density at radius 1 is 1.38 bits per heavy atom. The van der Waals surface area contributed by atoms with Gasteiger partial charge < -0.3 is 9.64 Å². The van der Waals surface area contributed by atoms with Crippen LogP contribution in [0.1, 0.15) is 12.0 Å². The topological polar surface area (TPSA) is 93.0 Å². The molecule has 1 heterocycles. The summed E-state index contributed by atoms with van der Waals surface area (Å²) in [6, 6.07) is 5.17. The number of ether oxygens (including phenoxy) is 1. The largest absolute Gasteiger partial charge is 0.445 e. The predicted octanol–water partition coefficient (Wildman–Crippen LogP) is 1.69. The quantitative estimate of drug-likeness (QED) is 0.505. The Labute approximate surface area is 144 Å². The smallest absolute Gasteiger partial charge is 0.410 e. The lowest BCUT2D eigenvalue weighted by molar-refractivity contribution is -0.384. The van der Waals surface area contributed by atoms with Crippen LogP contribution in [0.5, 0.6) is 0 Å². The summed E-state index contributed by atoms with van der Waals surface area (Å²) in [5.74, 6) is -0.168. The fraction of sp³-hybridized carbons (Fsp3) is 0.467. The van der Waals surface area contributed by atoms with E-state index in [0.717, 1.165) is 0 Å². The molecule has 0 spiro atoms. The van der Waals surface area contributed by atoms with Crippen LogP contribution >= 0.6 is 12.6 Å². The van der Waals surface area contributed by atoms with Crippen LogP contribution in [0.3, 0.4) is 0 Å². The van der Waals surface area contributed by atoms with Gasteiger partial charge in [-0.05, 0) is 24.1 Å². The van der Waals surface area contributed by atoms with Crippen LogP contribution in [0.2, 0.25) is 0 Å². The van der Waals surface area contributed by atoms with E-state index in [-0.39, 0.29) is 23.5 Å². The molecule has 1 aromatic carbocycles. The zero-order valence-corrected chi connectivity index (χ0v) is 14.3. The van der Waals surface area contributed by atoms with Crippen LogP contribution in [0.25, 0.3) is 0 Å². The number of benzene rings is 1. The van der Waals surface area contributed by atoms with E-state index in [4.69, 9.17) is 4.74 Å². The number of hydrogen-bond donors (Lipinski definition) is 1. The molecule has 9 heteroatoms. The van der Waals surface area contributed by atoms with Gasteiger partial charge in [-0.25, -0.2) is 4.79 Å². The van der Waals surface area contributed by atoms with Gasteiger partial charge in [0, 0.05) is 38.0 Å². The molecular formula is C15H19N3O5S. The molecule has 0 unspecified atom stereocenters. The van der Waals surface area contributed by atoms with Crippen molar-refractivity contribution < 1.29 is 19.2 Å². The molecule has 0 aromatic heterocycles. The predicted molar refractivity (Wildman–Crippen MR) is 89.9 cm³/mol. The molecule has 24 heavy (non-hydrogen) atoms. The van der Waals surface area contributed by atoms with Gasteiger partial charge in [-0.1, -0.05) is 0 Å². The Morgan fingerprint density at radius 2 is 2.00 bits per heavy atom. The van der Waals surface area contributed by atoms with Gasteiger partial charge >= 0.3 is 6.09 Å². The van der Waals surface area contributed by atoms with E-state index in [9.17, 15) is 19.7 Å². The normalized spacial score (nSPS) is 19.9. The zero-order valence-electron chi connectivity index (χ0n) is 13.4. The summed E-state index contributed by atoms with van der Waals surface area (Å²) in [5.41, 5.74) is 0.602. The number of rotatable bonds is 4. The van der Waals surface area contributed by atoms with E-state index in [1.165, 1.54) is 34.1 Å². The van der Waals surface area contributed by atoms with E-state index in [2.05, 4.69) is 12.6 Å². The van der Waals surface area contributed by atoms with E-state index in [1.54, 1.807) is 14.1 Å². The fourth-order valence-electron chi connectivity index (χ4n) is 2.49. The first-order chi connectivity index (χ1) is 11.3. The maximum Gasteiger partial charge on any atom is 0.410 e. The molecule has 1 aliphatic rings. The highest BCUT2D eigenvalue weighted by atomic mass is 32.1. The maximum atomic E-state index is 12.3. The molecule has 130 valence electrons. The van der Waals surface area contributed by atoms with Gasteiger partial charge in [-0.2, -0.15) is 12.6 Å². The van der Waals surface area contributed by atoms with Crippen molar-refractivity contribution in [3.63, 3.8) is 0 Å². The minimum absolute atomic E-state index is 0.0204. The number of likely N-dealkylation sites (tertiary alicyclic amines) is 1. The van der Waals surface area contributed by atoms with Crippen LogP contribution in [-0.2, 0) is 16.1 Å². The Morgan fingerprint density at radius 3 is 2.54 bits per heavy atom. The van der Waals surface area contributed by atoms with Crippen molar-refractivity contribution in [2.24, 2.45) is 0 Å². The van der Waals surface area contributed by atoms with Crippen LogP contribution in [0.4, 0.5) is 10.5 Å². The van der Waals surface area contributed by atoms with Gasteiger partial charge in [-0.3, -0.25) is 19.8 Å². The first-order valence-electron chi connectivity index (χ1n) is 7.35. The number of nitro benzene ring substituents is 1. The van der Waals surface area contributed by atoms with Crippen LogP contribution in [-0.4, -0.2) is 58.7 Å². The second kappa shape index (κ2) is 7.52. The van der Waals surface area contributed by atoms with Crippen molar-refractivity contribution in [2.45, 2.75) is 24.3 Å². The lowest BCUT2D eigenvalue weighted by Crippen LogP contribution is -2.45. The highest BCUT2D eigenvalue weighted by molar-refractivity contribution is 7.81. The van der Waals surface area contributed by atoms with E-state index in [1.807, 2.05) is 0 Å². The molecule has 0 saturated carbocycles. The number of hydrogen-bond acceptors (Lipinski definition) is 6. The summed E-state index contributed by atoms with van der Waals surface area (Å²) in [5, 5.41) is 10.5. The second-order valence-electron chi connectivity index (χ2n) is 5.77.